The van der Waals surface area contributed by atoms with E-state index in [1.54, 1.807) is 42.5 Å². The van der Waals surface area contributed by atoms with Gasteiger partial charge in [-0.05, 0) is 41.8 Å². The van der Waals surface area contributed by atoms with Crippen molar-refractivity contribution in [1.29, 1.82) is 0 Å². The molecule has 1 atom stereocenters. The number of Topliss-reactive ketones (excluding diaryl/α,β-unsaturated/α-hetero) is 1. The second-order valence-corrected chi connectivity index (χ2v) is 9.40. The van der Waals surface area contributed by atoms with Gasteiger partial charge in [-0.2, -0.15) is 0 Å². The van der Waals surface area contributed by atoms with Crippen molar-refractivity contribution < 1.29 is 33.6 Å². The van der Waals surface area contributed by atoms with Gasteiger partial charge >= 0.3 is 0 Å². The maximum Gasteiger partial charge on any atom is 0.295 e. The number of likely N-dealkylation sites (tertiary alicyclic amines) is 1. The first-order chi connectivity index (χ1) is 19.5. The fraction of sp³-hybridized carbons (Fsp3) is 0.312. The summed E-state index contributed by atoms with van der Waals surface area (Å²) in [5.74, 6) is -0.212. The Morgan fingerprint density at radius 2 is 1.70 bits per heavy atom. The molecule has 1 heterocycles. The normalized spacial score (nSPS) is 16.3. The largest absolute Gasteiger partial charge is 0.507 e. The van der Waals surface area contributed by atoms with Crippen molar-refractivity contribution >= 4 is 17.4 Å². The molecule has 1 N–H and O–H groups in total. The second kappa shape index (κ2) is 13.7. The number of hydrogen-bond donors (Lipinski definition) is 1. The van der Waals surface area contributed by atoms with E-state index in [0.29, 0.717) is 41.6 Å². The number of ketones is 1. The summed E-state index contributed by atoms with van der Waals surface area (Å²) in [7, 11) is 3.05. The molecule has 0 aliphatic carbocycles. The van der Waals surface area contributed by atoms with Crippen LogP contribution in [0.25, 0.3) is 5.76 Å². The van der Waals surface area contributed by atoms with Gasteiger partial charge in [0.2, 0.25) is 0 Å². The Bertz CT molecular complexity index is 1350. The predicted octanol–water partition coefficient (Wildman–Crippen LogP) is 5.52. The van der Waals surface area contributed by atoms with Crippen LogP contribution in [-0.4, -0.2) is 55.7 Å². The SMILES string of the molecule is CCCCOc1cccc(C(O)=C2C(=O)C(=O)N(CCOC)C2c2ccc(OCc3ccccc3)c(OC)c2)c1. The molecule has 8 nitrogen and oxygen atoms in total. The van der Waals surface area contributed by atoms with Crippen molar-refractivity contribution in [3.63, 3.8) is 0 Å². The van der Waals surface area contributed by atoms with E-state index >= 15 is 0 Å². The summed E-state index contributed by atoms with van der Waals surface area (Å²) >= 11 is 0. The minimum atomic E-state index is -0.850. The standard InChI is InChI=1S/C32H35NO7/c1-4-5-17-39-25-13-9-12-24(19-25)30(34)28-29(33(16-18-37-2)32(36)31(28)35)23-14-15-26(27(20-23)38-3)40-21-22-10-7-6-8-11-22/h6-15,19-20,29,34H,4-5,16-18,21H2,1-3H3. The first-order valence-corrected chi connectivity index (χ1v) is 13.3. The number of carbonyl (C=O) groups excluding carboxylic acids is 2. The van der Waals surface area contributed by atoms with Gasteiger partial charge in [0.25, 0.3) is 11.7 Å². The highest BCUT2D eigenvalue weighted by molar-refractivity contribution is 6.46. The number of benzene rings is 3. The molecule has 1 saturated heterocycles. The molecule has 0 aromatic heterocycles. The van der Waals surface area contributed by atoms with E-state index in [4.69, 9.17) is 18.9 Å². The minimum Gasteiger partial charge on any atom is -0.507 e. The van der Waals surface area contributed by atoms with Crippen LogP contribution in [-0.2, 0) is 20.9 Å². The molecule has 8 heteroatoms. The average molecular weight is 546 g/mol. The van der Waals surface area contributed by atoms with Gasteiger partial charge in [-0.15, -0.1) is 0 Å². The second-order valence-electron chi connectivity index (χ2n) is 9.40. The molecule has 1 unspecified atom stereocenters. The van der Waals surface area contributed by atoms with Gasteiger partial charge in [0.15, 0.2) is 11.5 Å². The number of hydrogen-bond acceptors (Lipinski definition) is 7. The molecule has 1 aliphatic heterocycles. The lowest BCUT2D eigenvalue weighted by Gasteiger charge is -2.25. The molecular weight excluding hydrogens is 510 g/mol. The molecule has 0 spiro atoms. The fourth-order valence-corrected chi connectivity index (χ4v) is 4.58. The van der Waals surface area contributed by atoms with E-state index in [0.717, 1.165) is 18.4 Å². The van der Waals surface area contributed by atoms with Gasteiger partial charge in [-0.25, -0.2) is 0 Å². The van der Waals surface area contributed by atoms with Crippen molar-refractivity contribution in [1.82, 2.24) is 4.90 Å². The zero-order valence-corrected chi connectivity index (χ0v) is 23.1. The smallest absolute Gasteiger partial charge is 0.295 e. The van der Waals surface area contributed by atoms with E-state index in [2.05, 4.69) is 6.92 Å². The molecule has 1 aliphatic rings. The fourth-order valence-electron chi connectivity index (χ4n) is 4.58. The molecule has 0 bridgehead atoms. The van der Waals surface area contributed by atoms with Gasteiger partial charge < -0.3 is 29.0 Å². The van der Waals surface area contributed by atoms with Crippen LogP contribution in [0.3, 0.4) is 0 Å². The molecule has 210 valence electrons. The molecule has 1 fully saturated rings. The monoisotopic (exact) mass is 545 g/mol. The maximum atomic E-state index is 13.3. The van der Waals surface area contributed by atoms with Gasteiger partial charge in [0.05, 0.1) is 31.9 Å². The van der Waals surface area contributed by atoms with Gasteiger partial charge in [0.1, 0.15) is 18.1 Å². The van der Waals surface area contributed by atoms with Crippen LogP contribution in [0.5, 0.6) is 17.2 Å². The Labute approximate surface area is 234 Å². The highest BCUT2D eigenvalue weighted by atomic mass is 16.5. The van der Waals surface area contributed by atoms with Crippen LogP contribution >= 0.6 is 0 Å². The summed E-state index contributed by atoms with van der Waals surface area (Å²) in [5.41, 5.74) is 1.98. The molecule has 0 radical (unpaired) electrons. The molecule has 4 rings (SSSR count). The number of ether oxygens (including phenoxy) is 4. The van der Waals surface area contributed by atoms with Crippen molar-refractivity contribution in [2.75, 3.05) is 34.0 Å². The van der Waals surface area contributed by atoms with Gasteiger partial charge in [-0.1, -0.05) is 61.9 Å². The number of amides is 1. The van der Waals surface area contributed by atoms with Crippen molar-refractivity contribution in [2.45, 2.75) is 32.4 Å². The number of aliphatic hydroxyl groups is 1. The van der Waals surface area contributed by atoms with Crippen molar-refractivity contribution in [3.05, 3.63) is 95.1 Å². The first-order valence-electron chi connectivity index (χ1n) is 13.3. The van der Waals surface area contributed by atoms with Crippen LogP contribution in [0, 0.1) is 0 Å². The Kier molecular flexibility index (Phi) is 9.81. The molecule has 0 saturated carbocycles. The first kappa shape index (κ1) is 28.7. The van der Waals surface area contributed by atoms with E-state index in [1.807, 2.05) is 30.3 Å². The van der Waals surface area contributed by atoms with E-state index in [-0.39, 0.29) is 24.5 Å². The third kappa shape index (κ3) is 6.46. The zero-order valence-electron chi connectivity index (χ0n) is 23.1. The van der Waals surface area contributed by atoms with E-state index in [9.17, 15) is 14.7 Å². The lowest BCUT2D eigenvalue weighted by Crippen LogP contribution is -2.32. The summed E-state index contributed by atoms with van der Waals surface area (Å²) in [4.78, 5) is 27.9. The Morgan fingerprint density at radius 3 is 2.42 bits per heavy atom. The number of aliphatic hydroxyl groups excluding tert-OH is 1. The topological polar surface area (TPSA) is 94.5 Å². The van der Waals surface area contributed by atoms with Gasteiger partial charge in [-0.3, -0.25) is 9.59 Å². The highest BCUT2D eigenvalue weighted by Crippen LogP contribution is 2.42. The summed E-state index contributed by atoms with van der Waals surface area (Å²) in [6.07, 6.45) is 1.89. The number of rotatable bonds is 13. The maximum absolute atomic E-state index is 13.3. The third-order valence-corrected chi connectivity index (χ3v) is 6.69. The van der Waals surface area contributed by atoms with Crippen LogP contribution in [0.4, 0.5) is 0 Å². The summed E-state index contributed by atoms with van der Waals surface area (Å²) < 4.78 is 22.6. The molecule has 40 heavy (non-hydrogen) atoms. The van der Waals surface area contributed by atoms with Gasteiger partial charge in [0, 0.05) is 19.2 Å². The Balaban J connectivity index is 1.72. The zero-order chi connectivity index (χ0) is 28.5. The van der Waals surface area contributed by atoms with Crippen LogP contribution < -0.4 is 14.2 Å². The Hall–Kier alpha value is -4.30. The quantitative estimate of drug-likeness (QED) is 0.131. The molecule has 3 aromatic carbocycles. The number of methoxy groups -OCH3 is 2. The van der Waals surface area contributed by atoms with E-state index < -0.39 is 17.7 Å². The molecule has 3 aromatic rings. The number of nitrogens with zero attached hydrogens (tertiary/aromatic N) is 1. The lowest BCUT2D eigenvalue weighted by atomic mass is 9.95. The van der Waals surface area contributed by atoms with Crippen molar-refractivity contribution in [2.24, 2.45) is 0 Å². The highest BCUT2D eigenvalue weighted by Gasteiger charge is 2.46. The van der Waals surface area contributed by atoms with E-state index in [1.165, 1.54) is 19.1 Å². The third-order valence-electron chi connectivity index (χ3n) is 6.69. The number of unbranched alkanes of at least 4 members (excludes halogenated alkanes) is 1. The van der Waals surface area contributed by atoms with Crippen molar-refractivity contribution in [3.8, 4) is 17.2 Å². The molecule has 1 amide bonds. The van der Waals surface area contributed by atoms with Crippen LogP contribution in [0.1, 0.15) is 42.5 Å². The summed E-state index contributed by atoms with van der Waals surface area (Å²) in [6, 6.07) is 21.0. The van der Waals surface area contributed by atoms with Crippen LogP contribution in [0.2, 0.25) is 0 Å². The van der Waals surface area contributed by atoms with Crippen LogP contribution in [0.15, 0.2) is 78.4 Å². The predicted molar refractivity (Wildman–Crippen MR) is 151 cm³/mol. The Morgan fingerprint density at radius 1 is 0.900 bits per heavy atom. The number of carbonyl (C=O) groups is 2. The average Bonchev–Trinajstić information content (AvgIpc) is 3.24. The summed E-state index contributed by atoms with van der Waals surface area (Å²) in [6.45, 7) is 3.35. The molecular formula is C32H35NO7. The lowest BCUT2D eigenvalue weighted by molar-refractivity contribution is -0.140. The summed E-state index contributed by atoms with van der Waals surface area (Å²) in [5, 5.41) is 11.4. The minimum absolute atomic E-state index is 0.00758.